The van der Waals surface area contributed by atoms with Crippen molar-refractivity contribution in [1.29, 1.82) is 0 Å². The van der Waals surface area contributed by atoms with Gasteiger partial charge < -0.3 is 0 Å². The average Bonchev–Trinajstić information content (AvgIpc) is 3.04. The summed E-state index contributed by atoms with van der Waals surface area (Å²) in [4.78, 5) is 20.6. The molecule has 0 fully saturated rings. The van der Waals surface area contributed by atoms with Crippen LogP contribution in [0.4, 0.5) is 0 Å². The number of benzene rings is 1. The van der Waals surface area contributed by atoms with E-state index < -0.39 is 0 Å². The fourth-order valence-electron chi connectivity index (χ4n) is 2.26. The third-order valence-corrected chi connectivity index (χ3v) is 4.43. The molecule has 0 unspecified atom stereocenters. The number of ketones is 1. The lowest BCUT2D eigenvalue weighted by atomic mass is 10.1. The van der Waals surface area contributed by atoms with E-state index in [1.54, 1.807) is 6.20 Å². The fraction of sp³-hybridized carbons (Fsp3) is 0.167. The first-order chi connectivity index (χ1) is 10.8. The van der Waals surface area contributed by atoms with Crippen LogP contribution in [0.1, 0.15) is 17.5 Å². The average molecular weight is 308 g/mol. The van der Waals surface area contributed by atoms with Crippen LogP contribution in [-0.2, 0) is 11.2 Å². The van der Waals surface area contributed by atoms with Crippen LogP contribution in [-0.4, -0.2) is 21.6 Å². The zero-order valence-electron chi connectivity index (χ0n) is 12.1. The van der Waals surface area contributed by atoms with E-state index in [9.17, 15) is 4.79 Å². The van der Waals surface area contributed by atoms with Crippen LogP contribution in [0.5, 0.6) is 0 Å². The number of carbonyl (C=O) groups is 1. The van der Waals surface area contributed by atoms with Gasteiger partial charge in [0, 0.05) is 31.4 Å². The molecule has 0 saturated carbocycles. The second-order valence-electron chi connectivity index (χ2n) is 5.09. The molecule has 3 nitrogen and oxygen atoms in total. The van der Waals surface area contributed by atoms with Crippen molar-refractivity contribution in [3.8, 4) is 0 Å². The second-order valence-corrected chi connectivity index (χ2v) is 6.13. The van der Waals surface area contributed by atoms with E-state index in [4.69, 9.17) is 0 Å². The number of carbonyl (C=O) groups excluding carboxylic acids is 1. The minimum atomic E-state index is 0.230. The molecule has 0 atom stereocenters. The molecule has 110 valence electrons. The maximum absolute atomic E-state index is 12.0. The van der Waals surface area contributed by atoms with Gasteiger partial charge in [0.2, 0.25) is 0 Å². The fourth-order valence-corrected chi connectivity index (χ4v) is 3.07. The Morgan fingerprint density at radius 1 is 1.14 bits per heavy atom. The molecule has 0 amide bonds. The zero-order chi connectivity index (χ0) is 15.2. The van der Waals surface area contributed by atoms with Crippen molar-refractivity contribution >= 4 is 28.2 Å². The van der Waals surface area contributed by atoms with Gasteiger partial charge in [0.05, 0.1) is 10.8 Å². The Morgan fingerprint density at radius 3 is 2.77 bits per heavy atom. The third kappa shape index (κ3) is 3.92. The Morgan fingerprint density at radius 2 is 2.00 bits per heavy atom. The molecule has 0 aliphatic carbocycles. The minimum absolute atomic E-state index is 0.230. The molecule has 1 aliphatic heterocycles. The van der Waals surface area contributed by atoms with Gasteiger partial charge >= 0.3 is 0 Å². The Bertz CT molecular complexity index is 708. The Hall–Kier alpha value is -2.20. The van der Waals surface area contributed by atoms with E-state index in [0.717, 1.165) is 28.2 Å². The molecule has 2 aromatic rings. The van der Waals surface area contributed by atoms with Crippen LogP contribution in [0.2, 0.25) is 0 Å². The van der Waals surface area contributed by atoms with Gasteiger partial charge in [-0.3, -0.25) is 14.8 Å². The predicted octanol–water partition coefficient (Wildman–Crippen LogP) is 3.77. The molecule has 1 aromatic carbocycles. The SMILES string of the molecule is O=C(CSC1=NC=C(c2cccnc2)C1)Cc1ccccc1. The molecule has 0 bridgehead atoms. The smallest absolute Gasteiger partial charge is 0.147 e. The normalized spacial score (nSPS) is 13.6. The highest BCUT2D eigenvalue weighted by Gasteiger charge is 2.14. The topological polar surface area (TPSA) is 42.3 Å². The molecule has 0 N–H and O–H groups in total. The molecule has 1 aromatic heterocycles. The largest absolute Gasteiger partial charge is 0.298 e. The minimum Gasteiger partial charge on any atom is -0.298 e. The molecule has 0 saturated heterocycles. The van der Waals surface area contributed by atoms with Crippen molar-refractivity contribution in [3.05, 3.63) is 72.2 Å². The zero-order valence-corrected chi connectivity index (χ0v) is 12.9. The van der Waals surface area contributed by atoms with Gasteiger partial charge in [0.25, 0.3) is 0 Å². The maximum Gasteiger partial charge on any atom is 0.147 e. The lowest BCUT2D eigenvalue weighted by Crippen LogP contribution is -2.07. The van der Waals surface area contributed by atoms with Gasteiger partial charge in [-0.25, -0.2) is 0 Å². The first-order valence-corrected chi connectivity index (χ1v) is 8.14. The van der Waals surface area contributed by atoms with E-state index in [1.807, 2.05) is 54.9 Å². The van der Waals surface area contributed by atoms with Crippen LogP contribution in [0.3, 0.4) is 0 Å². The molecular weight excluding hydrogens is 292 g/mol. The Balaban J connectivity index is 1.47. The summed E-state index contributed by atoms with van der Waals surface area (Å²) in [5.74, 6) is 0.704. The molecule has 3 rings (SSSR count). The van der Waals surface area contributed by atoms with Crippen molar-refractivity contribution in [2.24, 2.45) is 4.99 Å². The molecule has 0 spiro atoms. The van der Waals surface area contributed by atoms with E-state index in [1.165, 1.54) is 11.8 Å². The van der Waals surface area contributed by atoms with Crippen molar-refractivity contribution in [2.45, 2.75) is 12.8 Å². The van der Waals surface area contributed by atoms with Crippen LogP contribution < -0.4 is 0 Å². The van der Waals surface area contributed by atoms with Gasteiger partial charge in [-0.1, -0.05) is 36.4 Å². The third-order valence-electron chi connectivity index (χ3n) is 3.38. The first-order valence-electron chi connectivity index (χ1n) is 7.16. The van der Waals surface area contributed by atoms with Gasteiger partial charge in [0.15, 0.2) is 0 Å². The highest BCUT2D eigenvalue weighted by Crippen LogP contribution is 2.27. The highest BCUT2D eigenvalue weighted by molar-refractivity contribution is 8.14. The number of hydrogen-bond donors (Lipinski definition) is 0. The number of hydrogen-bond acceptors (Lipinski definition) is 4. The van der Waals surface area contributed by atoms with Crippen LogP contribution >= 0.6 is 11.8 Å². The summed E-state index contributed by atoms with van der Waals surface area (Å²) in [6.07, 6.45) is 6.76. The standard InChI is InChI=1S/C18H16N2OS/c21-17(9-14-5-2-1-3-6-14)13-22-18-10-16(12-20-18)15-7-4-8-19-11-15/h1-8,11-12H,9-10,13H2. The summed E-state index contributed by atoms with van der Waals surface area (Å²) >= 11 is 1.54. The van der Waals surface area contributed by atoms with Crippen molar-refractivity contribution < 1.29 is 4.79 Å². The van der Waals surface area contributed by atoms with Gasteiger partial charge in [-0.15, -0.1) is 11.8 Å². The first kappa shape index (κ1) is 14.7. The van der Waals surface area contributed by atoms with E-state index >= 15 is 0 Å². The van der Waals surface area contributed by atoms with E-state index in [0.29, 0.717) is 12.2 Å². The number of nitrogens with zero attached hydrogens (tertiary/aromatic N) is 2. The van der Waals surface area contributed by atoms with Crippen molar-refractivity contribution in [1.82, 2.24) is 4.98 Å². The summed E-state index contributed by atoms with van der Waals surface area (Å²) in [5.41, 5.74) is 3.32. The predicted molar refractivity (Wildman–Crippen MR) is 91.9 cm³/mol. The Labute approximate surface area is 134 Å². The number of thioether (sulfide) groups is 1. The molecule has 0 radical (unpaired) electrons. The van der Waals surface area contributed by atoms with Crippen molar-refractivity contribution in [3.63, 3.8) is 0 Å². The van der Waals surface area contributed by atoms with Crippen LogP contribution in [0.25, 0.3) is 5.57 Å². The molecule has 22 heavy (non-hydrogen) atoms. The second kappa shape index (κ2) is 7.18. The summed E-state index contributed by atoms with van der Waals surface area (Å²) in [5, 5.41) is 1.00. The molecule has 1 aliphatic rings. The summed E-state index contributed by atoms with van der Waals surface area (Å²) in [6, 6.07) is 13.8. The number of aliphatic imine (C=N–C) groups is 1. The molecule has 2 heterocycles. The summed E-state index contributed by atoms with van der Waals surface area (Å²) in [6.45, 7) is 0. The van der Waals surface area contributed by atoms with Gasteiger partial charge in [-0.05, 0) is 22.8 Å². The van der Waals surface area contributed by atoms with E-state index in [2.05, 4.69) is 9.98 Å². The maximum atomic E-state index is 12.0. The quantitative estimate of drug-likeness (QED) is 0.844. The molecule has 4 heteroatoms. The number of pyridine rings is 1. The van der Waals surface area contributed by atoms with Gasteiger partial charge in [0.1, 0.15) is 5.78 Å². The number of aromatic nitrogens is 1. The van der Waals surface area contributed by atoms with Crippen LogP contribution in [0.15, 0.2) is 66.1 Å². The number of rotatable bonds is 5. The highest BCUT2D eigenvalue weighted by atomic mass is 32.2. The summed E-state index contributed by atoms with van der Waals surface area (Å²) in [7, 11) is 0. The lowest BCUT2D eigenvalue weighted by molar-refractivity contribution is -0.115. The monoisotopic (exact) mass is 308 g/mol. The molecular formula is C18H16N2OS. The number of Topliss-reactive ketones (excluding diaryl/α,β-unsaturated/α-hetero) is 1. The van der Waals surface area contributed by atoms with Gasteiger partial charge in [-0.2, -0.15) is 0 Å². The Kier molecular flexibility index (Phi) is 4.81. The number of allylic oxidation sites excluding steroid dienone is 1. The summed E-state index contributed by atoms with van der Waals surface area (Å²) < 4.78 is 0. The van der Waals surface area contributed by atoms with E-state index in [-0.39, 0.29) is 5.78 Å². The van der Waals surface area contributed by atoms with Crippen molar-refractivity contribution in [2.75, 3.05) is 5.75 Å². The lowest BCUT2D eigenvalue weighted by Gasteiger charge is -2.03. The van der Waals surface area contributed by atoms with Crippen LogP contribution in [0, 0.1) is 0 Å².